The minimum absolute atomic E-state index is 0.228. The maximum atomic E-state index is 13.6. The summed E-state index contributed by atoms with van der Waals surface area (Å²) in [5.74, 6) is -0.319. The number of benzene rings is 2. The normalized spacial score (nSPS) is 11.3. The van der Waals surface area contributed by atoms with Gasteiger partial charge in [0.1, 0.15) is 11.6 Å². The third-order valence-corrected chi connectivity index (χ3v) is 2.82. The van der Waals surface area contributed by atoms with Gasteiger partial charge in [0.2, 0.25) is 0 Å². The van der Waals surface area contributed by atoms with Crippen molar-refractivity contribution in [1.82, 2.24) is 0 Å². The highest BCUT2D eigenvalue weighted by molar-refractivity contribution is 5.74. The van der Waals surface area contributed by atoms with Crippen LogP contribution in [-0.4, -0.2) is 7.11 Å². The number of anilines is 3. The number of halogens is 4. The Labute approximate surface area is 118 Å². The molecule has 0 aliphatic rings. The molecule has 0 saturated heterocycles. The summed E-state index contributed by atoms with van der Waals surface area (Å²) in [4.78, 5) is 0. The highest BCUT2D eigenvalue weighted by Crippen LogP contribution is 2.34. The molecule has 3 nitrogen and oxygen atoms in total. The fourth-order valence-corrected chi connectivity index (χ4v) is 1.72. The van der Waals surface area contributed by atoms with Crippen molar-refractivity contribution in [3.05, 3.63) is 47.8 Å². The molecule has 0 saturated carbocycles. The first-order chi connectivity index (χ1) is 9.81. The Morgan fingerprint density at radius 3 is 2.33 bits per heavy atom. The van der Waals surface area contributed by atoms with Crippen LogP contribution in [-0.2, 0) is 6.18 Å². The molecule has 0 fully saturated rings. The summed E-state index contributed by atoms with van der Waals surface area (Å²) in [5.41, 5.74) is 5.00. The first-order valence-corrected chi connectivity index (χ1v) is 5.88. The Balaban J connectivity index is 2.35. The first kappa shape index (κ1) is 15.0. The van der Waals surface area contributed by atoms with Crippen LogP contribution in [0.25, 0.3) is 0 Å². The van der Waals surface area contributed by atoms with Crippen LogP contribution in [0.3, 0.4) is 0 Å². The summed E-state index contributed by atoms with van der Waals surface area (Å²) in [6, 6.07) is 6.66. The van der Waals surface area contributed by atoms with E-state index in [4.69, 9.17) is 10.5 Å². The van der Waals surface area contributed by atoms with Gasteiger partial charge >= 0.3 is 6.18 Å². The third kappa shape index (κ3) is 3.36. The van der Waals surface area contributed by atoms with Crippen LogP contribution in [0.2, 0.25) is 0 Å². The van der Waals surface area contributed by atoms with Gasteiger partial charge in [0.05, 0.1) is 29.7 Å². The van der Waals surface area contributed by atoms with Crippen LogP contribution in [0, 0.1) is 5.82 Å². The van der Waals surface area contributed by atoms with Gasteiger partial charge in [0, 0.05) is 6.07 Å². The summed E-state index contributed by atoms with van der Waals surface area (Å²) in [7, 11) is 1.45. The Kier molecular flexibility index (Phi) is 3.93. The largest absolute Gasteiger partial charge is 0.497 e. The van der Waals surface area contributed by atoms with Crippen LogP contribution >= 0.6 is 0 Å². The van der Waals surface area contributed by atoms with Gasteiger partial charge in [-0.25, -0.2) is 4.39 Å². The molecule has 0 radical (unpaired) electrons. The second-order valence-corrected chi connectivity index (χ2v) is 4.27. The van der Waals surface area contributed by atoms with E-state index in [0.29, 0.717) is 17.9 Å². The van der Waals surface area contributed by atoms with Crippen molar-refractivity contribution in [2.45, 2.75) is 6.18 Å². The molecule has 2 aromatic carbocycles. The zero-order valence-electron chi connectivity index (χ0n) is 11.0. The van der Waals surface area contributed by atoms with Gasteiger partial charge < -0.3 is 15.8 Å². The van der Waals surface area contributed by atoms with Gasteiger partial charge in [-0.05, 0) is 30.3 Å². The maximum absolute atomic E-state index is 13.6. The van der Waals surface area contributed by atoms with Crippen molar-refractivity contribution >= 4 is 17.1 Å². The number of methoxy groups -OCH3 is 1. The molecular formula is C14H12F4N2O. The molecule has 2 aromatic rings. The van der Waals surface area contributed by atoms with Crippen molar-refractivity contribution in [2.75, 3.05) is 18.2 Å². The van der Waals surface area contributed by atoms with Crippen LogP contribution < -0.4 is 15.8 Å². The summed E-state index contributed by atoms with van der Waals surface area (Å²) in [6.07, 6.45) is -4.55. The third-order valence-electron chi connectivity index (χ3n) is 2.82. The zero-order chi connectivity index (χ0) is 15.6. The van der Waals surface area contributed by atoms with Gasteiger partial charge in [-0.1, -0.05) is 0 Å². The van der Waals surface area contributed by atoms with E-state index in [9.17, 15) is 17.6 Å². The quantitative estimate of drug-likeness (QED) is 0.660. The van der Waals surface area contributed by atoms with E-state index in [0.717, 1.165) is 6.07 Å². The van der Waals surface area contributed by atoms with Crippen LogP contribution in [0.1, 0.15) is 5.56 Å². The second-order valence-electron chi connectivity index (χ2n) is 4.27. The lowest BCUT2D eigenvalue weighted by Gasteiger charge is -2.13. The number of rotatable bonds is 3. The molecule has 0 aromatic heterocycles. The molecule has 3 N–H and O–H groups in total. The predicted molar refractivity (Wildman–Crippen MR) is 72.1 cm³/mol. The van der Waals surface area contributed by atoms with E-state index >= 15 is 0 Å². The van der Waals surface area contributed by atoms with Crippen LogP contribution in [0.15, 0.2) is 36.4 Å². The minimum atomic E-state index is -4.55. The summed E-state index contributed by atoms with van der Waals surface area (Å²) >= 11 is 0. The molecule has 0 aliphatic carbocycles. The SMILES string of the molecule is COc1ccc(Nc2cc(C(F)(F)F)ccc2F)c(N)c1. The lowest BCUT2D eigenvalue weighted by atomic mass is 10.1. The molecule has 0 atom stereocenters. The van der Waals surface area contributed by atoms with E-state index < -0.39 is 17.6 Å². The number of nitrogen functional groups attached to an aromatic ring is 1. The van der Waals surface area contributed by atoms with E-state index in [1.165, 1.54) is 19.2 Å². The molecule has 112 valence electrons. The smallest absolute Gasteiger partial charge is 0.416 e. The fourth-order valence-electron chi connectivity index (χ4n) is 1.72. The maximum Gasteiger partial charge on any atom is 0.416 e. The average Bonchev–Trinajstić information content (AvgIpc) is 2.42. The number of hydrogen-bond donors (Lipinski definition) is 2. The number of nitrogens with two attached hydrogens (primary N) is 1. The lowest BCUT2D eigenvalue weighted by molar-refractivity contribution is -0.137. The van der Waals surface area contributed by atoms with Gasteiger partial charge in [-0.15, -0.1) is 0 Å². The molecule has 0 aliphatic heterocycles. The van der Waals surface area contributed by atoms with E-state index in [2.05, 4.69) is 5.32 Å². The number of ether oxygens (including phenoxy) is 1. The van der Waals surface area contributed by atoms with E-state index in [-0.39, 0.29) is 17.1 Å². The van der Waals surface area contributed by atoms with Gasteiger partial charge in [0.25, 0.3) is 0 Å². The molecule has 2 rings (SSSR count). The highest BCUT2D eigenvalue weighted by Gasteiger charge is 2.31. The van der Waals surface area contributed by atoms with Gasteiger partial charge in [-0.2, -0.15) is 13.2 Å². The molecule has 0 heterocycles. The van der Waals surface area contributed by atoms with Crippen molar-refractivity contribution in [3.63, 3.8) is 0 Å². The monoisotopic (exact) mass is 300 g/mol. The van der Waals surface area contributed by atoms with Gasteiger partial charge in [-0.3, -0.25) is 0 Å². The standard InChI is InChI=1S/C14H12F4N2O/c1-21-9-3-5-12(11(19)7-9)20-13-6-8(14(16,17)18)2-4-10(13)15/h2-7,20H,19H2,1H3. The van der Waals surface area contributed by atoms with Gasteiger partial charge in [0.15, 0.2) is 0 Å². The number of nitrogens with one attached hydrogen (secondary N) is 1. The van der Waals surface area contributed by atoms with Crippen LogP contribution in [0.5, 0.6) is 5.75 Å². The molecule has 21 heavy (non-hydrogen) atoms. The number of hydrogen-bond acceptors (Lipinski definition) is 3. The molecular weight excluding hydrogens is 288 g/mol. The summed E-state index contributed by atoms with van der Waals surface area (Å²) in [5, 5.41) is 2.55. The summed E-state index contributed by atoms with van der Waals surface area (Å²) in [6.45, 7) is 0. The Hall–Kier alpha value is -2.44. The molecule has 0 unspecified atom stereocenters. The van der Waals surface area contributed by atoms with Crippen molar-refractivity contribution < 1.29 is 22.3 Å². The fraction of sp³-hybridized carbons (Fsp3) is 0.143. The van der Waals surface area contributed by atoms with E-state index in [1.807, 2.05) is 0 Å². The molecule has 0 amide bonds. The zero-order valence-corrected chi connectivity index (χ0v) is 11.0. The highest BCUT2D eigenvalue weighted by atomic mass is 19.4. The van der Waals surface area contributed by atoms with Crippen molar-refractivity contribution in [1.29, 1.82) is 0 Å². The Morgan fingerprint density at radius 2 is 1.76 bits per heavy atom. The molecule has 0 spiro atoms. The lowest BCUT2D eigenvalue weighted by Crippen LogP contribution is -2.06. The Bertz CT molecular complexity index is 656. The van der Waals surface area contributed by atoms with Crippen molar-refractivity contribution in [2.24, 2.45) is 0 Å². The minimum Gasteiger partial charge on any atom is -0.497 e. The molecule has 0 bridgehead atoms. The average molecular weight is 300 g/mol. The van der Waals surface area contributed by atoms with Crippen molar-refractivity contribution in [3.8, 4) is 5.75 Å². The topological polar surface area (TPSA) is 47.3 Å². The second kappa shape index (κ2) is 5.51. The first-order valence-electron chi connectivity index (χ1n) is 5.88. The number of alkyl halides is 3. The predicted octanol–water partition coefficient (Wildman–Crippen LogP) is 4.18. The van der Waals surface area contributed by atoms with E-state index in [1.54, 1.807) is 6.07 Å². The Morgan fingerprint density at radius 1 is 1.05 bits per heavy atom. The summed E-state index contributed by atoms with van der Waals surface area (Å²) < 4.78 is 56.5. The molecule has 7 heteroatoms. The van der Waals surface area contributed by atoms with Crippen LogP contribution in [0.4, 0.5) is 34.6 Å².